The van der Waals surface area contributed by atoms with Gasteiger partial charge in [-0.25, -0.2) is 4.79 Å². The molecule has 2 heterocycles. The van der Waals surface area contributed by atoms with Gasteiger partial charge >= 0.3 is 12.3 Å². The Morgan fingerprint density at radius 3 is 2.31 bits per heavy atom. The monoisotopic (exact) mass is 495 g/mol. The number of rotatable bonds is 6. The maximum atomic E-state index is 13.6. The van der Waals surface area contributed by atoms with Crippen molar-refractivity contribution in [3.05, 3.63) is 89.2 Å². The van der Waals surface area contributed by atoms with Crippen molar-refractivity contribution in [3.8, 4) is 17.2 Å². The van der Waals surface area contributed by atoms with E-state index in [2.05, 4.69) is 4.98 Å². The number of hydrogen-bond acceptors (Lipinski definition) is 4. The second-order valence-corrected chi connectivity index (χ2v) is 8.88. The fourth-order valence-electron chi connectivity index (χ4n) is 4.55. The highest BCUT2D eigenvalue weighted by molar-refractivity contribution is 5.66. The van der Waals surface area contributed by atoms with E-state index in [1.807, 2.05) is 18.2 Å². The summed E-state index contributed by atoms with van der Waals surface area (Å²) >= 11 is 0. The van der Waals surface area contributed by atoms with Gasteiger partial charge in [0, 0.05) is 30.9 Å². The number of nitrogens with zero attached hydrogens (tertiary/aromatic N) is 3. The fourth-order valence-corrected chi connectivity index (χ4v) is 4.55. The van der Waals surface area contributed by atoms with Crippen LogP contribution in [0.4, 0.5) is 18.0 Å². The zero-order chi connectivity index (χ0) is 25.8. The molecule has 4 rings (SSSR count). The molecule has 1 saturated heterocycles. The van der Waals surface area contributed by atoms with Crippen LogP contribution in [0, 0.1) is 11.3 Å². The predicted molar refractivity (Wildman–Crippen MR) is 126 cm³/mol. The molecule has 3 aromatic rings. The average molecular weight is 496 g/mol. The topological polar surface area (TPSA) is 86.5 Å². The van der Waals surface area contributed by atoms with Crippen LogP contribution in [0.15, 0.2) is 67.0 Å². The lowest BCUT2D eigenvalue weighted by atomic mass is 9.73. The van der Waals surface area contributed by atoms with Gasteiger partial charge in [0.2, 0.25) is 0 Å². The molecule has 1 N–H and O–H groups in total. The average Bonchev–Trinajstić information content (AvgIpc) is 2.89. The Morgan fingerprint density at radius 2 is 1.72 bits per heavy atom. The number of halogens is 3. The molecular weight excluding hydrogens is 471 g/mol. The number of hydrogen-bond donors (Lipinski definition) is 1. The van der Waals surface area contributed by atoms with E-state index < -0.39 is 23.2 Å². The number of aromatic nitrogens is 1. The van der Waals surface area contributed by atoms with Gasteiger partial charge in [-0.05, 0) is 77.6 Å². The van der Waals surface area contributed by atoms with E-state index in [0.717, 1.165) is 17.7 Å². The van der Waals surface area contributed by atoms with Gasteiger partial charge in [-0.1, -0.05) is 12.1 Å². The first kappa shape index (κ1) is 25.2. The number of amides is 1. The van der Waals surface area contributed by atoms with E-state index in [4.69, 9.17) is 10.00 Å². The number of alkyl halides is 3. The molecule has 0 atom stereocenters. The maximum absolute atomic E-state index is 13.6. The number of pyridine rings is 1. The number of carboxylic acid groups (broad SMARTS) is 1. The molecule has 0 spiro atoms. The summed E-state index contributed by atoms with van der Waals surface area (Å²) in [5, 5.41) is 18.3. The Bertz CT molecular complexity index is 1250. The predicted octanol–water partition coefficient (Wildman–Crippen LogP) is 5.87. The molecule has 1 fully saturated rings. The van der Waals surface area contributed by atoms with Crippen molar-refractivity contribution in [1.29, 1.82) is 5.26 Å². The number of carbonyl (C=O) groups is 1. The number of piperidine rings is 1. The van der Waals surface area contributed by atoms with Gasteiger partial charge in [-0.15, -0.1) is 0 Å². The van der Waals surface area contributed by atoms with Crippen molar-refractivity contribution in [1.82, 2.24) is 9.88 Å². The molecule has 0 unspecified atom stereocenters. The van der Waals surface area contributed by atoms with E-state index in [1.165, 1.54) is 4.90 Å². The first-order chi connectivity index (χ1) is 17.2. The van der Waals surface area contributed by atoms with Crippen LogP contribution in [-0.4, -0.2) is 40.8 Å². The van der Waals surface area contributed by atoms with Crippen molar-refractivity contribution in [2.24, 2.45) is 0 Å². The highest BCUT2D eigenvalue weighted by Crippen LogP contribution is 2.37. The molecule has 1 amide bonds. The van der Waals surface area contributed by atoms with Crippen LogP contribution in [0.3, 0.4) is 0 Å². The van der Waals surface area contributed by atoms with E-state index in [0.29, 0.717) is 48.2 Å². The molecule has 1 aliphatic rings. The number of nitriles is 1. The van der Waals surface area contributed by atoms with Crippen molar-refractivity contribution in [2.75, 3.05) is 19.7 Å². The van der Waals surface area contributed by atoms with Gasteiger partial charge in [0.15, 0.2) is 0 Å². The van der Waals surface area contributed by atoms with Gasteiger partial charge in [0.05, 0.1) is 30.4 Å². The van der Waals surface area contributed by atoms with Crippen LogP contribution in [0.5, 0.6) is 0 Å². The van der Waals surface area contributed by atoms with Crippen LogP contribution in [0.2, 0.25) is 0 Å². The van der Waals surface area contributed by atoms with Gasteiger partial charge in [-0.2, -0.15) is 18.4 Å². The van der Waals surface area contributed by atoms with E-state index in [-0.39, 0.29) is 13.2 Å². The first-order valence-corrected chi connectivity index (χ1v) is 11.4. The van der Waals surface area contributed by atoms with Crippen molar-refractivity contribution in [2.45, 2.75) is 31.0 Å². The Balaban J connectivity index is 1.56. The van der Waals surface area contributed by atoms with Crippen molar-refractivity contribution in [3.63, 3.8) is 0 Å². The molecule has 1 aliphatic heterocycles. The number of likely N-dealkylation sites (tertiary alicyclic amines) is 1. The summed E-state index contributed by atoms with van der Waals surface area (Å²) in [6.45, 7) is 0.871. The molecule has 0 saturated carbocycles. The van der Waals surface area contributed by atoms with E-state index in [1.54, 1.807) is 42.7 Å². The smallest absolute Gasteiger partial charge is 0.416 e. The molecule has 6 nitrogen and oxygen atoms in total. The Kier molecular flexibility index (Phi) is 7.27. The zero-order valence-electron chi connectivity index (χ0n) is 19.3. The molecule has 36 heavy (non-hydrogen) atoms. The summed E-state index contributed by atoms with van der Waals surface area (Å²) in [7, 11) is 0. The molecule has 9 heteroatoms. The molecule has 0 radical (unpaired) electrons. The quantitative estimate of drug-likeness (QED) is 0.462. The first-order valence-electron chi connectivity index (χ1n) is 11.4. The van der Waals surface area contributed by atoms with Crippen LogP contribution < -0.4 is 0 Å². The SMILES string of the molecule is N#Cc1ccc(-c2cc(COCC3(c4ccncc4)CCN(C(=O)O)CC3)cc(C(F)(F)F)c2)cc1. The molecule has 2 aromatic carbocycles. The molecule has 186 valence electrons. The Hall–Kier alpha value is -3.90. The summed E-state index contributed by atoms with van der Waals surface area (Å²) in [6.07, 6.45) is -1.11. The largest absolute Gasteiger partial charge is 0.465 e. The second kappa shape index (κ2) is 10.4. The summed E-state index contributed by atoms with van der Waals surface area (Å²) in [5.74, 6) is 0. The summed E-state index contributed by atoms with van der Waals surface area (Å²) in [4.78, 5) is 16.8. The highest BCUT2D eigenvalue weighted by atomic mass is 19.4. The van der Waals surface area contributed by atoms with Gasteiger partial charge in [-0.3, -0.25) is 4.98 Å². The van der Waals surface area contributed by atoms with E-state index in [9.17, 15) is 23.1 Å². The van der Waals surface area contributed by atoms with E-state index >= 15 is 0 Å². The van der Waals surface area contributed by atoms with Gasteiger partial charge < -0.3 is 14.7 Å². The van der Waals surface area contributed by atoms with Crippen molar-refractivity contribution >= 4 is 6.09 Å². The minimum Gasteiger partial charge on any atom is -0.465 e. The lowest BCUT2D eigenvalue weighted by Gasteiger charge is -2.41. The Labute approximate surface area is 206 Å². The standard InChI is InChI=1S/C27H24F3N3O3/c28-27(29,30)24-14-20(13-22(15-24)21-3-1-19(16-31)2-4-21)17-36-18-26(23-5-9-32-10-6-23)7-11-33(12-8-26)25(34)35/h1-6,9-10,13-15H,7-8,11-12,17-18H2,(H,34,35). The Morgan fingerprint density at radius 1 is 1.06 bits per heavy atom. The highest BCUT2D eigenvalue weighted by Gasteiger charge is 2.38. The summed E-state index contributed by atoms with van der Waals surface area (Å²) < 4.78 is 46.9. The van der Waals surface area contributed by atoms with Gasteiger partial charge in [0.25, 0.3) is 0 Å². The minimum atomic E-state index is -4.53. The zero-order valence-corrected chi connectivity index (χ0v) is 19.3. The number of ether oxygens (including phenoxy) is 1. The molecule has 0 bridgehead atoms. The minimum absolute atomic E-state index is 0.0390. The third-order valence-electron chi connectivity index (χ3n) is 6.60. The second-order valence-electron chi connectivity index (χ2n) is 8.88. The van der Waals surface area contributed by atoms with Crippen LogP contribution >= 0.6 is 0 Å². The summed E-state index contributed by atoms with van der Waals surface area (Å²) in [6, 6.07) is 15.9. The fraction of sp³-hybridized carbons (Fsp3) is 0.296. The number of benzene rings is 2. The lowest BCUT2D eigenvalue weighted by Crippen LogP contribution is -2.47. The van der Waals surface area contributed by atoms with Crippen molar-refractivity contribution < 1.29 is 27.8 Å². The normalized spacial score (nSPS) is 15.3. The molecule has 0 aliphatic carbocycles. The third kappa shape index (κ3) is 5.66. The van der Waals surface area contributed by atoms with Crippen LogP contribution in [-0.2, 0) is 22.9 Å². The van der Waals surface area contributed by atoms with Crippen LogP contribution in [0.1, 0.15) is 35.1 Å². The molecular formula is C27H24F3N3O3. The third-order valence-corrected chi connectivity index (χ3v) is 6.60. The molecule has 1 aromatic heterocycles. The van der Waals surface area contributed by atoms with Crippen LogP contribution in [0.25, 0.3) is 11.1 Å². The lowest BCUT2D eigenvalue weighted by molar-refractivity contribution is -0.137. The maximum Gasteiger partial charge on any atom is 0.416 e. The van der Waals surface area contributed by atoms with Gasteiger partial charge in [0.1, 0.15) is 0 Å². The summed E-state index contributed by atoms with van der Waals surface area (Å²) in [5.41, 5.74) is 1.46.